The number of nitrogens with one attached hydrogen (secondary N) is 2. The predicted octanol–water partition coefficient (Wildman–Crippen LogP) is 4.80. The molecule has 130 valence electrons. The number of aromatic amines is 1. The van der Waals surface area contributed by atoms with Crippen LogP contribution in [0.25, 0.3) is 11.0 Å². The largest absolute Gasteiger partial charge is 0.349 e. The van der Waals surface area contributed by atoms with Crippen molar-refractivity contribution >= 4 is 40.3 Å². The van der Waals surface area contributed by atoms with Crippen LogP contribution >= 0.6 is 23.4 Å². The third-order valence-corrected chi connectivity index (χ3v) is 5.28. The molecule has 0 radical (unpaired) electrons. The summed E-state index contributed by atoms with van der Waals surface area (Å²) in [6, 6.07) is 11.7. The van der Waals surface area contributed by atoms with Crippen LogP contribution in [-0.4, -0.2) is 21.6 Å². The van der Waals surface area contributed by atoms with Crippen molar-refractivity contribution < 1.29 is 4.79 Å². The lowest BCUT2D eigenvalue weighted by Crippen LogP contribution is -2.28. The summed E-state index contributed by atoms with van der Waals surface area (Å²) < 4.78 is 0. The van der Waals surface area contributed by atoms with Crippen LogP contribution in [0.4, 0.5) is 0 Å². The molecular weight excluding hydrogens is 354 g/mol. The highest BCUT2D eigenvalue weighted by atomic mass is 35.5. The normalized spacial score (nSPS) is 12.3. The summed E-state index contributed by atoms with van der Waals surface area (Å²) in [5.74, 6) is 0.289. The number of fused-ring (bicyclic) bond motifs is 1. The van der Waals surface area contributed by atoms with Gasteiger partial charge in [0.25, 0.3) is 0 Å². The molecule has 0 saturated heterocycles. The molecule has 0 spiro atoms. The van der Waals surface area contributed by atoms with Gasteiger partial charge in [0, 0.05) is 5.02 Å². The highest BCUT2D eigenvalue weighted by molar-refractivity contribution is 7.99. The summed E-state index contributed by atoms with van der Waals surface area (Å²) in [5.41, 5.74) is 5.31. The molecule has 3 rings (SSSR count). The maximum absolute atomic E-state index is 12.2. The van der Waals surface area contributed by atoms with Gasteiger partial charge in [-0.05, 0) is 55.7 Å². The number of H-pyrrole nitrogens is 1. The Bertz CT molecular complexity index is 922. The minimum absolute atomic E-state index is 0.0192. The number of imidazole rings is 1. The zero-order valence-corrected chi connectivity index (χ0v) is 16.0. The zero-order chi connectivity index (χ0) is 18.0. The standard InChI is InChI=1S/C19H20ClN3OS/c1-11-4-5-14(8-12(11)2)13(3)21-18(24)10-25-19-22-16-7-6-15(20)9-17(16)23-19/h4-9,13H,10H2,1-3H3,(H,21,24)(H,22,23)/t13-/m0/s1. The fourth-order valence-corrected chi connectivity index (χ4v) is 3.43. The Kier molecular flexibility index (Phi) is 5.35. The van der Waals surface area contributed by atoms with Crippen LogP contribution in [0.15, 0.2) is 41.6 Å². The summed E-state index contributed by atoms with van der Waals surface area (Å²) in [5, 5.41) is 4.41. The number of nitrogens with zero attached hydrogens (tertiary/aromatic N) is 1. The Morgan fingerprint density at radius 1 is 1.24 bits per heavy atom. The number of rotatable bonds is 5. The van der Waals surface area contributed by atoms with Gasteiger partial charge in [0.15, 0.2) is 5.16 Å². The van der Waals surface area contributed by atoms with E-state index < -0.39 is 0 Å². The van der Waals surface area contributed by atoms with E-state index in [-0.39, 0.29) is 11.9 Å². The van der Waals surface area contributed by atoms with Crippen molar-refractivity contribution in [2.24, 2.45) is 0 Å². The molecule has 1 amide bonds. The van der Waals surface area contributed by atoms with E-state index in [0.29, 0.717) is 15.9 Å². The van der Waals surface area contributed by atoms with Gasteiger partial charge in [-0.2, -0.15) is 0 Å². The molecule has 1 heterocycles. The van der Waals surface area contributed by atoms with Gasteiger partial charge < -0.3 is 10.3 Å². The monoisotopic (exact) mass is 373 g/mol. The smallest absolute Gasteiger partial charge is 0.230 e. The van der Waals surface area contributed by atoms with Crippen LogP contribution in [-0.2, 0) is 4.79 Å². The summed E-state index contributed by atoms with van der Waals surface area (Å²) in [4.78, 5) is 19.9. The summed E-state index contributed by atoms with van der Waals surface area (Å²) >= 11 is 7.35. The maximum Gasteiger partial charge on any atom is 0.230 e. The lowest BCUT2D eigenvalue weighted by atomic mass is 10.0. The molecule has 3 aromatic rings. The number of hydrogen-bond acceptors (Lipinski definition) is 3. The first-order chi connectivity index (χ1) is 11.9. The second-order valence-electron chi connectivity index (χ2n) is 6.13. The minimum Gasteiger partial charge on any atom is -0.349 e. The van der Waals surface area contributed by atoms with E-state index in [2.05, 4.69) is 47.3 Å². The van der Waals surface area contributed by atoms with Gasteiger partial charge in [-0.15, -0.1) is 0 Å². The summed E-state index contributed by atoms with van der Waals surface area (Å²) in [7, 11) is 0. The van der Waals surface area contributed by atoms with Gasteiger partial charge in [0.2, 0.25) is 5.91 Å². The number of amides is 1. The fraction of sp³-hybridized carbons (Fsp3) is 0.263. The second-order valence-corrected chi connectivity index (χ2v) is 7.53. The van der Waals surface area contributed by atoms with E-state index in [1.165, 1.54) is 22.9 Å². The van der Waals surface area contributed by atoms with Gasteiger partial charge in [0.1, 0.15) is 0 Å². The number of aryl methyl sites for hydroxylation is 2. The van der Waals surface area contributed by atoms with E-state index in [0.717, 1.165) is 16.6 Å². The molecule has 0 saturated carbocycles. The molecule has 6 heteroatoms. The Labute approximate surface area is 156 Å². The van der Waals surface area contributed by atoms with Gasteiger partial charge in [-0.1, -0.05) is 41.6 Å². The van der Waals surface area contributed by atoms with Crippen molar-refractivity contribution in [1.29, 1.82) is 0 Å². The number of carbonyl (C=O) groups excluding carboxylic acids is 1. The van der Waals surface area contributed by atoms with Gasteiger partial charge >= 0.3 is 0 Å². The summed E-state index contributed by atoms with van der Waals surface area (Å²) in [6.07, 6.45) is 0. The van der Waals surface area contributed by atoms with Crippen molar-refractivity contribution in [1.82, 2.24) is 15.3 Å². The average molecular weight is 374 g/mol. The average Bonchev–Trinajstić information content (AvgIpc) is 2.97. The van der Waals surface area contributed by atoms with E-state index in [1.807, 2.05) is 19.1 Å². The molecule has 0 aliphatic heterocycles. The van der Waals surface area contributed by atoms with Crippen LogP contribution in [0.3, 0.4) is 0 Å². The minimum atomic E-state index is -0.0260. The van der Waals surface area contributed by atoms with Crippen LogP contribution < -0.4 is 5.32 Å². The molecule has 0 unspecified atom stereocenters. The first kappa shape index (κ1) is 17.8. The van der Waals surface area contributed by atoms with Crippen LogP contribution in [0, 0.1) is 13.8 Å². The van der Waals surface area contributed by atoms with Gasteiger partial charge in [0.05, 0.1) is 22.8 Å². The van der Waals surface area contributed by atoms with Crippen molar-refractivity contribution in [2.75, 3.05) is 5.75 Å². The second kappa shape index (κ2) is 7.50. The molecular formula is C19H20ClN3OS. The highest BCUT2D eigenvalue weighted by Crippen LogP contribution is 2.22. The quantitative estimate of drug-likeness (QED) is 0.631. The molecule has 2 aromatic carbocycles. The fourth-order valence-electron chi connectivity index (χ4n) is 2.56. The predicted molar refractivity (Wildman–Crippen MR) is 104 cm³/mol. The van der Waals surface area contributed by atoms with E-state index in [4.69, 9.17) is 11.6 Å². The van der Waals surface area contributed by atoms with Crippen LogP contribution in [0.1, 0.15) is 29.7 Å². The SMILES string of the molecule is Cc1ccc([C@H](C)NC(=O)CSc2nc3ccc(Cl)cc3[nH]2)cc1C. The molecule has 2 N–H and O–H groups in total. The summed E-state index contributed by atoms with van der Waals surface area (Å²) in [6.45, 7) is 6.16. The number of carbonyl (C=O) groups is 1. The Hall–Kier alpha value is -1.98. The van der Waals surface area contributed by atoms with Crippen LogP contribution in [0.5, 0.6) is 0 Å². The number of aromatic nitrogens is 2. The third kappa shape index (κ3) is 4.35. The molecule has 25 heavy (non-hydrogen) atoms. The lowest BCUT2D eigenvalue weighted by Gasteiger charge is -2.15. The molecule has 1 atom stereocenters. The van der Waals surface area contributed by atoms with E-state index in [1.54, 1.807) is 6.07 Å². The molecule has 0 aliphatic rings. The molecule has 0 bridgehead atoms. The molecule has 0 aliphatic carbocycles. The highest BCUT2D eigenvalue weighted by Gasteiger charge is 2.12. The number of thioether (sulfide) groups is 1. The van der Waals surface area contributed by atoms with E-state index >= 15 is 0 Å². The van der Waals surface area contributed by atoms with Crippen molar-refractivity contribution in [2.45, 2.75) is 32.0 Å². The van der Waals surface area contributed by atoms with Crippen molar-refractivity contribution in [3.8, 4) is 0 Å². The Morgan fingerprint density at radius 2 is 2.04 bits per heavy atom. The lowest BCUT2D eigenvalue weighted by molar-refractivity contribution is -0.119. The molecule has 4 nitrogen and oxygen atoms in total. The van der Waals surface area contributed by atoms with E-state index in [9.17, 15) is 4.79 Å². The van der Waals surface area contributed by atoms with Gasteiger partial charge in [-0.25, -0.2) is 4.98 Å². The zero-order valence-electron chi connectivity index (χ0n) is 14.4. The number of hydrogen-bond donors (Lipinski definition) is 2. The molecule has 1 aromatic heterocycles. The molecule has 0 fully saturated rings. The Balaban J connectivity index is 1.58. The number of halogens is 1. The Morgan fingerprint density at radius 3 is 2.80 bits per heavy atom. The first-order valence-corrected chi connectivity index (χ1v) is 9.43. The maximum atomic E-state index is 12.2. The first-order valence-electron chi connectivity index (χ1n) is 8.07. The van der Waals surface area contributed by atoms with Gasteiger partial charge in [-0.3, -0.25) is 4.79 Å². The van der Waals surface area contributed by atoms with Crippen molar-refractivity contribution in [3.63, 3.8) is 0 Å². The third-order valence-electron chi connectivity index (χ3n) is 4.17. The topological polar surface area (TPSA) is 57.8 Å². The van der Waals surface area contributed by atoms with Crippen LogP contribution in [0.2, 0.25) is 5.02 Å². The number of benzene rings is 2. The van der Waals surface area contributed by atoms with Crippen molar-refractivity contribution in [3.05, 3.63) is 58.1 Å².